The molecule has 0 aromatic heterocycles. The highest BCUT2D eigenvalue weighted by atomic mass is 16.5. The third-order valence-corrected chi connectivity index (χ3v) is 3.41. The minimum Gasteiger partial charge on any atom is -0.385 e. The average molecular weight is 262 g/mol. The number of anilines is 1. The maximum absolute atomic E-state index is 11.5. The standard InChI is InChI=1S/C15H22N2O2/c1-19-11-8-14(18)16-10-7-13-5-2-4-12-6-3-9-17-15(12)13/h2,4-5,17H,3,6-11H2,1H3,(H,16,18). The van der Waals surface area contributed by atoms with Crippen LogP contribution in [-0.2, 0) is 22.4 Å². The van der Waals surface area contributed by atoms with E-state index in [1.165, 1.54) is 23.2 Å². The molecule has 0 atom stereocenters. The van der Waals surface area contributed by atoms with Crippen molar-refractivity contribution >= 4 is 11.6 Å². The van der Waals surface area contributed by atoms with Crippen molar-refractivity contribution in [3.63, 3.8) is 0 Å². The molecule has 104 valence electrons. The molecule has 4 nitrogen and oxygen atoms in total. The summed E-state index contributed by atoms with van der Waals surface area (Å²) in [6.45, 7) is 2.21. The van der Waals surface area contributed by atoms with Gasteiger partial charge in [-0.1, -0.05) is 18.2 Å². The van der Waals surface area contributed by atoms with Crippen molar-refractivity contribution in [2.24, 2.45) is 0 Å². The van der Waals surface area contributed by atoms with E-state index in [-0.39, 0.29) is 5.91 Å². The van der Waals surface area contributed by atoms with Crippen molar-refractivity contribution in [3.8, 4) is 0 Å². The third kappa shape index (κ3) is 3.96. The van der Waals surface area contributed by atoms with Crippen LogP contribution in [0.5, 0.6) is 0 Å². The lowest BCUT2D eigenvalue weighted by atomic mass is 9.98. The number of hydrogen-bond donors (Lipinski definition) is 2. The van der Waals surface area contributed by atoms with Crippen LogP contribution in [0.1, 0.15) is 24.0 Å². The number of methoxy groups -OCH3 is 1. The Bertz CT molecular complexity index is 432. The van der Waals surface area contributed by atoms with Gasteiger partial charge in [0.2, 0.25) is 5.91 Å². The molecular formula is C15H22N2O2. The Morgan fingerprint density at radius 3 is 3.21 bits per heavy atom. The summed E-state index contributed by atoms with van der Waals surface area (Å²) < 4.78 is 4.88. The number of amides is 1. The van der Waals surface area contributed by atoms with Gasteiger partial charge in [0.1, 0.15) is 0 Å². The monoisotopic (exact) mass is 262 g/mol. The molecule has 0 unspecified atom stereocenters. The largest absolute Gasteiger partial charge is 0.385 e. The molecule has 1 amide bonds. The van der Waals surface area contributed by atoms with Crippen LogP contribution in [0.15, 0.2) is 18.2 Å². The summed E-state index contributed by atoms with van der Waals surface area (Å²) in [5.41, 5.74) is 3.97. The summed E-state index contributed by atoms with van der Waals surface area (Å²) in [5, 5.41) is 6.40. The summed E-state index contributed by atoms with van der Waals surface area (Å²) in [7, 11) is 1.61. The van der Waals surface area contributed by atoms with Crippen LogP contribution in [0.3, 0.4) is 0 Å². The highest BCUT2D eigenvalue weighted by Gasteiger charge is 2.12. The first-order valence-corrected chi connectivity index (χ1v) is 6.91. The van der Waals surface area contributed by atoms with Crippen LogP contribution in [0.2, 0.25) is 0 Å². The van der Waals surface area contributed by atoms with E-state index in [0.717, 1.165) is 19.4 Å². The smallest absolute Gasteiger partial charge is 0.222 e. The summed E-state index contributed by atoms with van der Waals surface area (Å²) in [6.07, 6.45) is 3.65. The number of ether oxygens (including phenoxy) is 1. The van der Waals surface area contributed by atoms with E-state index in [4.69, 9.17) is 4.74 Å². The van der Waals surface area contributed by atoms with Crippen LogP contribution in [0.25, 0.3) is 0 Å². The number of para-hydroxylation sites is 1. The van der Waals surface area contributed by atoms with Crippen molar-refractivity contribution in [1.29, 1.82) is 0 Å². The van der Waals surface area contributed by atoms with E-state index in [2.05, 4.69) is 28.8 Å². The van der Waals surface area contributed by atoms with Gasteiger partial charge in [-0.3, -0.25) is 4.79 Å². The van der Waals surface area contributed by atoms with Crippen LogP contribution >= 0.6 is 0 Å². The SMILES string of the molecule is COCCC(=O)NCCc1cccc2c1NCCC2. The molecule has 0 saturated carbocycles. The Hall–Kier alpha value is -1.55. The second kappa shape index (κ2) is 7.14. The maximum Gasteiger partial charge on any atom is 0.222 e. The summed E-state index contributed by atoms with van der Waals surface area (Å²) >= 11 is 0. The van der Waals surface area contributed by atoms with Crippen molar-refractivity contribution in [3.05, 3.63) is 29.3 Å². The molecule has 0 radical (unpaired) electrons. The van der Waals surface area contributed by atoms with Gasteiger partial charge in [-0.05, 0) is 30.4 Å². The van der Waals surface area contributed by atoms with Gasteiger partial charge >= 0.3 is 0 Å². The van der Waals surface area contributed by atoms with Crippen LogP contribution in [-0.4, -0.2) is 32.7 Å². The van der Waals surface area contributed by atoms with Gasteiger partial charge in [-0.15, -0.1) is 0 Å². The van der Waals surface area contributed by atoms with Gasteiger partial charge in [0.05, 0.1) is 6.61 Å². The first-order valence-electron chi connectivity index (χ1n) is 6.91. The van der Waals surface area contributed by atoms with Gasteiger partial charge in [-0.25, -0.2) is 0 Å². The fourth-order valence-corrected chi connectivity index (χ4v) is 2.41. The fraction of sp³-hybridized carbons (Fsp3) is 0.533. The number of nitrogens with one attached hydrogen (secondary N) is 2. The Morgan fingerprint density at radius 2 is 2.37 bits per heavy atom. The predicted molar refractivity (Wildman–Crippen MR) is 76.5 cm³/mol. The minimum absolute atomic E-state index is 0.0552. The Balaban J connectivity index is 1.84. The molecule has 1 aromatic carbocycles. The topological polar surface area (TPSA) is 50.4 Å². The number of aryl methyl sites for hydroxylation is 1. The van der Waals surface area contributed by atoms with Crippen molar-refractivity contribution < 1.29 is 9.53 Å². The Labute approximate surface area is 114 Å². The first-order chi connectivity index (χ1) is 9.31. The van der Waals surface area contributed by atoms with E-state index >= 15 is 0 Å². The van der Waals surface area contributed by atoms with Gasteiger partial charge in [0.25, 0.3) is 0 Å². The van der Waals surface area contributed by atoms with Crippen molar-refractivity contribution in [2.45, 2.75) is 25.7 Å². The number of hydrogen-bond acceptors (Lipinski definition) is 3. The lowest BCUT2D eigenvalue weighted by molar-refractivity contribution is -0.121. The lowest BCUT2D eigenvalue weighted by Gasteiger charge is -2.21. The fourth-order valence-electron chi connectivity index (χ4n) is 2.41. The number of rotatable bonds is 6. The molecule has 4 heteroatoms. The van der Waals surface area contributed by atoms with Gasteiger partial charge in [0.15, 0.2) is 0 Å². The molecule has 0 fully saturated rings. The maximum atomic E-state index is 11.5. The molecule has 1 aliphatic rings. The quantitative estimate of drug-likeness (QED) is 0.821. The van der Waals surface area contributed by atoms with Crippen molar-refractivity contribution in [1.82, 2.24) is 5.32 Å². The number of fused-ring (bicyclic) bond motifs is 1. The molecule has 1 aromatic rings. The Kier molecular flexibility index (Phi) is 5.21. The van der Waals surface area contributed by atoms with Crippen molar-refractivity contribution in [2.75, 3.05) is 32.1 Å². The van der Waals surface area contributed by atoms with Crippen LogP contribution in [0.4, 0.5) is 5.69 Å². The molecule has 0 spiro atoms. The van der Waals surface area contributed by atoms with Crippen LogP contribution in [0, 0.1) is 0 Å². The molecule has 1 heterocycles. The average Bonchev–Trinajstić information content (AvgIpc) is 2.45. The van der Waals surface area contributed by atoms with E-state index in [1.807, 2.05) is 0 Å². The zero-order valence-electron chi connectivity index (χ0n) is 11.5. The highest BCUT2D eigenvalue weighted by Crippen LogP contribution is 2.26. The van der Waals surface area contributed by atoms with E-state index in [0.29, 0.717) is 19.6 Å². The van der Waals surface area contributed by atoms with E-state index in [9.17, 15) is 4.79 Å². The van der Waals surface area contributed by atoms with Crippen LogP contribution < -0.4 is 10.6 Å². The number of carbonyl (C=O) groups excluding carboxylic acids is 1. The Morgan fingerprint density at radius 1 is 1.47 bits per heavy atom. The molecule has 0 saturated heterocycles. The second-order valence-electron chi connectivity index (χ2n) is 4.82. The molecule has 1 aliphatic heterocycles. The lowest BCUT2D eigenvalue weighted by Crippen LogP contribution is -2.27. The van der Waals surface area contributed by atoms with Gasteiger partial charge in [0, 0.05) is 32.3 Å². The first kappa shape index (κ1) is 13.9. The molecule has 0 aliphatic carbocycles. The van der Waals surface area contributed by atoms with Gasteiger partial charge < -0.3 is 15.4 Å². The molecule has 19 heavy (non-hydrogen) atoms. The summed E-state index contributed by atoms with van der Waals surface area (Å²) in [6, 6.07) is 6.43. The summed E-state index contributed by atoms with van der Waals surface area (Å²) in [5.74, 6) is 0.0552. The highest BCUT2D eigenvalue weighted by molar-refractivity contribution is 5.76. The number of benzene rings is 1. The minimum atomic E-state index is 0.0552. The summed E-state index contributed by atoms with van der Waals surface area (Å²) in [4.78, 5) is 11.5. The number of carbonyl (C=O) groups is 1. The predicted octanol–water partition coefficient (Wildman–Crippen LogP) is 1.74. The third-order valence-electron chi connectivity index (χ3n) is 3.41. The normalized spacial score (nSPS) is 13.5. The van der Waals surface area contributed by atoms with Gasteiger partial charge in [-0.2, -0.15) is 0 Å². The van der Waals surface area contributed by atoms with E-state index < -0.39 is 0 Å². The zero-order chi connectivity index (χ0) is 13.5. The molecule has 2 N–H and O–H groups in total. The molecule has 0 bridgehead atoms. The molecule has 2 rings (SSSR count). The zero-order valence-corrected chi connectivity index (χ0v) is 11.5. The van der Waals surface area contributed by atoms with E-state index in [1.54, 1.807) is 7.11 Å². The second-order valence-corrected chi connectivity index (χ2v) is 4.82. The molecular weight excluding hydrogens is 240 g/mol.